The normalized spacial score (nSPS) is 17.9. The second-order valence-electron chi connectivity index (χ2n) is 8.00. The number of halogens is 3. The molecule has 1 atom stereocenters. The third-order valence-corrected chi connectivity index (χ3v) is 4.48. The number of hydrogen-bond acceptors (Lipinski definition) is 3. The maximum atomic E-state index is 14.0. The molecule has 27 heavy (non-hydrogen) atoms. The average Bonchev–Trinajstić information content (AvgIpc) is 2.98. The Morgan fingerprint density at radius 2 is 2.04 bits per heavy atom. The third-order valence-electron chi connectivity index (χ3n) is 4.48. The van der Waals surface area contributed by atoms with Gasteiger partial charge in [-0.15, -0.1) is 24.0 Å². The number of rotatable bonds is 6. The maximum absolute atomic E-state index is 14.0. The highest BCUT2D eigenvalue weighted by molar-refractivity contribution is 14.0. The number of hydrogen-bond donors (Lipinski definition) is 2. The minimum Gasteiger partial charge on any atom is -0.367 e. The topological polar surface area (TPSA) is 42.9 Å². The van der Waals surface area contributed by atoms with Gasteiger partial charge >= 0.3 is 0 Å². The van der Waals surface area contributed by atoms with Crippen molar-refractivity contribution in [1.29, 1.82) is 0 Å². The molecule has 0 amide bonds. The molecular weight excluding hydrogens is 463 g/mol. The molecule has 1 aromatic carbocycles. The quantitative estimate of drug-likeness (QED) is 0.362. The fourth-order valence-electron chi connectivity index (χ4n) is 3.46. The minimum absolute atomic E-state index is 0. The van der Waals surface area contributed by atoms with Crippen LogP contribution in [0.3, 0.4) is 0 Å². The van der Waals surface area contributed by atoms with Gasteiger partial charge in [0, 0.05) is 45.3 Å². The predicted molar refractivity (Wildman–Crippen MR) is 119 cm³/mol. The Bertz CT molecular complexity index is 637. The Kier molecular flexibility index (Phi) is 9.20. The number of guanidine groups is 1. The van der Waals surface area contributed by atoms with E-state index in [4.69, 9.17) is 0 Å². The van der Waals surface area contributed by atoms with Crippen LogP contribution in [0.1, 0.15) is 20.3 Å². The summed E-state index contributed by atoms with van der Waals surface area (Å²) in [6.07, 6.45) is 0.874. The Hall–Kier alpha value is -1.16. The molecule has 1 aliphatic heterocycles. The van der Waals surface area contributed by atoms with Gasteiger partial charge in [-0.05, 0) is 38.1 Å². The van der Waals surface area contributed by atoms with Crippen molar-refractivity contribution < 1.29 is 8.78 Å². The molecule has 1 unspecified atom stereocenters. The first-order valence-electron chi connectivity index (χ1n) is 9.02. The van der Waals surface area contributed by atoms with Gasteiger partial charge in [-0.1, -0.05) is 13.8 Å². The van der Waals surface area contributed by atoms with E-state index in [0.29, 0.717) is 12.2 Å². The largest absolute Gasteiger partial charge is 0.367 e. The number of nitrogens with one attached hydrogen (secondary N) is 2. The summed E-state index contributed by atoms with van der Waals surface area (Å²) in [5.74, 6) is -0.313. The van der Waals surface area contributed by atoms with E-state index < -0.39 is 11.6 Å². The predicted octanol–water partition coefficient (Wildman–Crippen LogP) is 2.91. The van der Waals surface area contributed by atoms with Crippen molar-refractivity contribution >= 4 is 35.6 Å². The summed E-state index contributed by atoms with van der Waals surface area (Å²) in [6.45, 7) is 7.57. The Labute approximate surface area is 178 Å². The molecule has 0 radical (unpaired) electrons. The molecule has 1 aliphatic rings. The van der Waals surface area contributed by atoms with E-state index in [2.05, 4.69) is 48.5 Å². The molecule has 2 rings (SSSR count). The van der Waals surface area contributed by atoms with Crippen LogP contribution in [0.15, 0.2) is 23.2 Å². The lowest BCUT2D eigenvalue weighted by Gasteiger charge is -2.29. The molecule has 0 aromatic heterocycles. The van der Waals surface area contributed by atoms with Crippen LogP contribution in [0.5, 0.6) is 0 Å². The fourth-order valence-corrected chi connectivity index (χ4v) is 3.46. The summed E-state index contributed by atoms with van der Waals surface area (Å²) < 4.78 is 27.1. The van der Waals surface area contributed by atoms with Gasteiger partial charge in [0.05, 0.1) is 5.69 Å². The van der Waals surface area contributed by atoms with Gasteiger partial charge in [-0.2, -0.15) is 0 Å². The molecule has 0 spiro atoms. The Balaban J connectivity index is 0.00000364. The average molecular weight is 495 g/mol. The molecule has 1 fully saturated rings. The highest BCUT2D eigenvalue weighted by Crippen LogP contribution is 2.24. The minimum atomic E-state index is -0.551. The van der Waals surface area contributed by atoms with Crippen LogP contribution in [0, 0.1) is 17.0 Å². The zero-order valence-electron chi connectivity index (χ0n) is 16.9. The SMILES string of the molecule is CN=C(NCC(C)(C)CN(C)C)NC1CCN(c2ccc(F)cc2F)C1.I. The van der Waals surface area contributed by atoms with Crippen LogP contribution in [0.4, 0.5) is 14.5 Å². The number of anilines is 1. The molecule has 0 aliphatic carbocycles. The third kappa shape index (κ3) is 7.40. The van der Waals surface area contributed by atoms with E-state index in [9.17, 15) is 8.78 Å². The smallest absolute Gasteiger partial charge is 0.191 e. The monoisotopic (exact) mass is 495 g/mol. The number of nitrogens with zero attached hydrogens (tertiary/aromatic N) is 3. The van der Waals surface area contributed by atoms with E-state index >= 15 is 0 Å². The fraction of sp³-hybridized carbons (Fsp3) is 0.632. The van der Waals surface area contributed by atoms with E-state index in [0.717, 1.165) is 38.1 Å². The van der Waals surface area contributed by atoms with Crippen LogP contribution in [0.2, 0.25) is 0 Å². The van der Waals surface area contributed by atoms with Gasteiger partial charge in [-0.25, -0.2) is 8.78 Å². The molecule has 0 saturated carbocycles. The number of aliphatic imine (C=N–C) groups is 1. The second-order valence-corrected chi connectivity index (χ2v) is 8.00. The second kappa shape index (κ2) is 10.4. The lowest BCUT2D eigenvalue weighted by Crippen LogP contribution is -2.48. The Morgan fingerprint density at radius 3 is 2.63 bits per heavy atom. The van der Waals surface area contributed by atoms with E-state index in [-0.39, 0.29) is 35.4 Å². The number of benzene rings is 1. The van der Waals surface area contributed by atoms with Gasteiger partial charge in [0.1, 0.15) is 11.6 Å². The molecule has 1 saturated heterocycles. The van der Waals surface area contributed by atoms with Gasteiger partial charge in [0.15, 0.2) is 5.96 Å². The molecule has 154 valence electrons. The van der Waals surface area contributed by atoms with Gasteiger partial charge in [0.25, 0.3) is 0 Å². The van der Waals surface area contributed by atoms with Crippen molar-refractivity contribution in [3.63, 3.8) is 0 Å². The van der Waals surface area contributed by atoms with E-state index in [1.807, 2.05) is 4.90 Å². The first-order chi connectivity index (χ1) is 12.2. The molecule has 8 heteroatoms. The van der Waals surface area contributed by atoms with Crippen LogP contribution >= 0.6 is 24.0 Å². The molecule has 1 aromatic rings. The summed E-state index contributed by atoms with van der Waals surface area (Å²) in [5.41, 5.74) is 0.561. The zero-order chi connectivity index (χ0) is 19.3. The van der Waals surface area contributed by atoms with Crippen molar-refractivity contribution in [3.05, 3.63) is 29.8 Å². The Morgan fingerprint density at radius 1 is 1.33 bits per heavy atom. The summed E-state index contributed by atoms with van der Waals surface area (Å²) in [4.78, 5) is 8.41. The van der Waals surface area contributed by atoms with Crippen LogP contribution < -0.4 is 15.5 Å². The first-order valence-corrected chi connectivity index (χ1v) is 9.02. The zero-order valence-corrected chi connectivity index (χ0v) is 19.2. The van der Waals surface area contributed by atoms with Crippen molar-refractivity contribution in [2.75, 3.05) is 52.2 Å². The van der Waals surface area contributed by atoms with Gasteiger partial charge < -0.3 is 20.4 Å². The van der Waals surface area contributed by atoms with Crippen molar-refractivity contribution in [2.45, 2.75) is 26.3 Å². The van der Waals surface area contributed by atoms with Crippen LogP contribution in [0.25, 0.3) is 0 Å². The lowest BCUT2D eigenvalue weighted by atomic mass is 9.93. The van der Waals surface area contributed by atoms with Gasteiger partial charge in [-0.3, -0.25) is 4.99 Å². The maximum Gasteiger partial charge on any atom is 0.191 e. The molecular formula is C19H32F2IN5. The summed E-state index contributed by atoms with van der Waals surface area (Å²) >= 11 is 0. The summed E-state index contributed by atoms with van der Waals surface area (Å²) in [7, 11) is 5.88. The van der Waals surface area contributed by atoms with E-state index in [1.54, 1.807) is 7.05 Å². The van der Waals surface area contributed by atoms with Crippen LogP contribution in [-0.2, 0) is 0 Å². The molecule has 0 bridgehead atoms. The highest BCUT2D eigenvalue weighted by atomic mass is 127. The highest BCUT2D eigenvalue weighted by Gasteiger charge is 2.26. The molecule has 2 N–H and O–H groups in total. The van der Waals surface area contributed by atoms with Crippen molar-refractivity contribution in [2.24, 2.45) is 10.4 Å². The molecule has 5 nitrogen and oxygen atoms in total. The van der Waals surface area contributed by atoms with E-state index in [1.165, 1.54) is 12.1 Å². The molecule has 1 heterocycles. The summed E-state index contributed by atoms with van der Waals surface area (Å²) in [6, 6.07) is 3.90. The lowest BCUT2D eigenvalue weighted by molar-refractivity contribution is 0.241. The standard InChI is InChI=1S/C19H31F2N5.HI/c1-19(2,13-25(4)5)12-23-18(22-3)24-15-8-9-26(11-15)17-7-6-14(20)10-16(17)21;/h6-7,10,15H,8-9,11-13H2,1-5H3,(H2,22,23,24);1H. The van der Waals surface area contributed by atoms with Crippen molar-refractivity contribution in [3.8, 4) is 0 Å². The summed E-state index contributed by atoms with van der Waals surface area (Å²) in [5, 5.41) is 6.79. The van der Waals surface area contributed by atoms with Crippen LogP contribution in [-0.4, -0.2) is 64.2 Å². The first kappa shape index (κ1) is 23.9. The van der Waals surface area contributed by atoms with Crippen molar-refractivity contribution in [1.82, 2.24) is 15.5 Å². The van der Waals surface area contributed by atoms with Gasteiger partial charge in [0.2, 0.25) is 0 Å².